The fraction of sp³-hybridized carbons (Fsp3) is 0.0667. The van der Waals surface area contributed by atoms with Crippen molar-refractivity contribution >= 4 is 38.3 Å². The number of aromatic nitrogens is 1. The zero-order valence-electron chi connectivity index (χ0n) is 11.6. The minimum atomic E-state index is -0.468. The number of nitro benzene ring substituents is 1. The Morgan fingerprint density at radius 2 is 2.05 bits per heavy atom. The lowest BCUT2D eigenvalue weighted by Crippen LogP contribution is -2.12. The highest BCUT2D eigenvalue weighted by Gasteiger charge is 2.13. The number of carbonyl (C=O) groups excluding carboxylic acids is 1. The van der Waals surface area contributed by atoms with E-state index >= 15 is 0 Å². The number of benzene rings is 2. The second-order valence-corrected chi connectivity index (χ2v) is 5.73. The molecule has 0 saturated heterocycles. The largest absolute Gasteiger partial charge is 0.298 e. The van der Waals surface area contributed by atoms with Crippen LogP contribution in [0.3, 0.4) is 0 Å². The van der Waals surface area contributed by atoms with Crippen LogP contribution in [0.15, 0.2) is 42.5 Å². The molecule has 0 aliphatic rings. The Labute approximate surface area is 129 Å². The van der Waals surface area contributed by atoms with Crippen molar-refractivity contribution < 1.29 is 9.72 Å². The molecule has 0 aliphatic carbocycles. The van der Waals surface area contributed by atoms with Gasteiger partial charge in [0.1, 0.15) is 0 Å². The average Bonchev–Trinajstić information content (AvgIpc) is 2.88. The second-order valence-electron chi connectivity index (χ2n) is 4.70. The number of aryl methyl sites for hydroxylation is 1. The van der Waals surface area contributed by atoms with E-state index in [2.05, 4.69) is 10.3 Å². The molecule has 110 valence electrons. The molecule has 1 N–H and O–H groups in total. The quantitative estimate of drug-likeness (QED) is 0.589. The number of thiazole rings is 1. The summed E-state index contributed by atoms with van der Waals surface area (Å²) < 4.78 is 0.783. The van der Waals surface area contributed by atoms with Gasteiger partial charge >= 0.3 is 0 Å². The SMILES string of the molecule is Cc1ccccc1C(=O)Nc1nc2cc([N+](=O)[O-])ccc2s1. The van der Waals surface area contributed by atoms with Gasteiger partial charge in [0.05, 0.1) is 15.1 Å². The van der Waals surface area contributed by atoms with Crippen LogP contribution in [0.1, 0.15) is 15.9 Å². The molecule has 0 unspecified atom stereocenters. The lowest BCUT2D eigenvalue weighted by atomic mass is 10.1. The summed E-state index contributed by atoms with van der Waals surface area (Å²) in [5, 5.41) is 13.9. The molecule has 0 radical (unpaired) electrons. The third-order valence-corrected chi connectivity index (χ3v) is 4.14. The monoisotopic (exact) mass is 313 g/mol. The van der Waals surface area contributed by atoms with Gasteiger partial charge in [0.15, 0.2) is 5.13 Å². The van der Waals surface area contributed by atoms with Crippen molar-refractivity contribution in [3.63, 3.8) is 0 Å². The van der Waals surface area contributed by atoms with E-state index in [0.717, 1.165) is 10.3 Å². The van der Waals surface area contributed by atoms with Gasteiger partial charge in [-0.15, -0.1) is 0 Å². The maximum atomic E-state index is 12.2. The third kappa shape index (κ3) is 2.66. The zero-order chi connectivity index (χ0) is 15.7. The van der Waals surface area contributed by atoms with Crippen LogP contribution in [0.2, 0.25) is 0 Å². The van der Waals surface area contributed by atoms with Gasteiger partial charge in [0, 0.05) is 17.7 Å². The minimum absolute atomic E-state index is 0.0189. The van der Waals surface area contributed by atoms with Crippen LogP contribution < -0.4 is 5.32 Å². The van der Waals surface area contributed by atoms with Crippen molar-refractivity contribution in [2.24, 2.45) is 0 Å². The first-order valence-corrected chi connectivity index (χ1v) is 7.28. The molecule has 0 saturated carbocycles. The molecule has 0 bridgehead atoms. The Balaban J connectivity index is 1.89. The summed E-state index contributed by atoms with van der Waals surface area (Å²) in [7, 11) is 0. The Kier molecular flexibility index (Phi) is 3.56. The normalized spacial score (nSPS) is 10.6. The summed E-state index contributed by atoms with van der Waals surface area (Å²) in [6.45, 7) is 1.86. The number of anilines is 1. The van der Waals surface area contributed by atoms with E-state index in [0.29, 0.717) is 16.2 Å². The van der Waals surface area contributed by atoms with Gasteiger partial charge in [0.25, 0.3) is 11.6 Å². The highest BCUT2D eigenvalue weighted by atomic mass is 32.1. The maximum absolute atomic E-state index is 12.2. The number of amides is 1. The van der Waals surface area contributed by atoms with Crippen molar-refractivity contribution in [3.8, 4) is 0 Å². The minimum Gasteiger partial charge on any atom is -0.298 e. The molecule has 7 heteroatoms. The molecule has 22 heavy (non-hydrogen) atoms. The van der Waals surface area contributed by atoms with E-state index in [9.17, 15) is 14.9 Å². The molecule has 1 amide bonds. The van der Waals surface area contributed by atoms with Crippen LogP contribution in [0.4, 0.5) is 10.8 Å². The van der Waals surface area contributed by atoms with Gasteiger partial charge in [-0.1, -0.05) is 29.5 Å². The van der Waals surface area contributed by atoms with E-state index in [4.69, 9.17) is 0 Å². The first kappa shape index (κ1) is 14.2. The van der Waals surface area contributed by atoms with E-state index in [1.165, 1.54) is 23.5 Å². The van der Waals surface area contributed by atoms with Gasteiger partial charge in [-0.05, 0) is 24.6 Å². The number of non-ortho nitro benzene ring substituents is 1. The van der Waals surface area contributed by atoms with Crippen LogP contribution in [0.25, 0.3) is 10.2 Å². The van der Waals surface area contributed by atoms with Crippen LogP contribution in [-0.2, 0) is 0 Å². The first-order valence-electron chi connectivity index (χ1n) is 6.46. The molecule has 0 aliphatic heterocycles. The standard InChI is InChI=1S/C15H11N3O3S/c1-9-4-2-3-5-11(9)14(19)17-15-16-12-8-10(18(20)21)6-7-13(12)22-15/h2-8H,1H3,(H,16,17,19). The third-order valence-electron chi connectivity index (χ3n) is 3.19. The van der Waals surface area contributed by atoms with Crippen molar-refractivity contribution in [1.29, 1.82) is 0 Å². The average molecular weight is 313 g/mol. The molecule has 3 rings (SSSR count). The molecule has 1 aromatic heterocycles. The topological polar surface area (TPSA) is 85.1 Å². The summed E-state index contributed by atoms with van der Waals surface area (Å²) in [5.74, 6) is -0.244. The number of nitro groups is 1. The highest BCUT2D eigenvalue weighted by molar-refractivity contribution is 7.22. The number of rotatable bonds is 3. The van der Waals surface area contributed by atoms with Gasteiger partial charge < -0.3 is 0 Å². The number of hydrogen-bond donors (Lipinski definition) is 1. The Morgan fingerprint density at radius 1 is 1.27 bits per heavy atom. The summed E-state index contributed by atoms with van der Waals surface area (Å²) in [5.41, 5.74) is 1.93. The maximum Gasteiger partial charge on any atom is 0.271 e. The molecule has 1 heterocycles. The molecular formula is C15H11N3O3S. The highest BCUT2D eigenvalue weighted by Crippen LogP contribution is 2.29. The van der Waals surface area contributed by atoms with E-state index in [1.807, 2.05) is 19.1 Å². The van der Waals surface area contributed by atoms with Crippen molar-refractivity contribution in [1.82, 2.24) is 4.98 Å². The summed E-state index contributed by atoms with van der Waals surface area (Å²) in [6.07, 6.45) is 0. The zero-order valence-corrected chi connectivity index (χ0v) is 12.4. The predicted molar refractivity (Wildman–Crippen MR) is 85.4 cm³/mol. The van der Waals surface area contributed by atoms with Crippen molar-refractivity contribution in [3.05, 3.63) is 63.7 Å². The van der Waals surface area contributed by atoms with E-state index in [1.54, 1.807) is 18.2 Å². The number of nitrogens with one attached hydrogen (secondary N) is 1. The summed E-state index contributed by atoms with van der Waals surface area (Å²) in [4.78, 5) is 26.8. The molecule has 2 aromatic carbocycles. The lowest BCUT2D eigenvalue weighted by molar-refractivity contribution is -0.384. The predicted octanol–water partition coefficient (Wildman–Crippen LogP) is 3.77. The van der Waals surface area contributed by atoms with Gasteiger partial charge in [-0.3, -0.25) is 20.2 Å². The van der Waals surface area contributed by atoms with Crippen LogP contribution >= 0.6 is 11.3 Å². The molecule has 0 fully saturated rings. The number of fused-ring (bicyclic) bond motifs is 1. The van der Waals surface area contributed by atoms with Gasteiger partial charge in [0.2, 0.25) is 0 Å². The Bertz CT molecular complexity index is 889. The van der Waals surface area contributed by atoms with Gasteiger partial charge in [-0.2, -0.15) is 0 Å². The molecular weight excluding hydrogens is 302 g/mol. The van der Waals surface area contributed by atoms with Crippen molar-refractivity contribution in [2.75, 3.05) is 5.32 Å². The fourth-order valence-electron chi connectivity index (χ4n) is 2.07. The van der Waals surface area contributed by atoms with Crippen LogP contribution in [0.5, 0.6) is 0 Å². The Morgan fingerprint density at radius 3 is 2.77 bits per heavy atom. The summed E-state index contributed by atoms with van der Waals surface area (Å²) in [6, 6.07) is 11.7. The number of carbonyl (C=O) groups is 1. The smallest absolute Gasteiger partial charge is 0.271 e. The van der Waals surface area contributed by atoms with Crippen LogP contribution in [-0.4, -0.2) is 15.8 Å². The number of hydrogen-bond acceptors (Lipinski definition) is 5. The van der Waals surface area contributed by atoms with Crippen molar-refractivity contribution in [2.45, 2.75) is 6.92 Å². The van der Waals surface area contributed by atoms with E-state index in [-0.39, 0.29) is 11.6 Å². The summed E-state index contributed by atoms with van der Waals surface area (Å²) >= 11 is 1.28. The van der Waals surface area contributed by atoms with Gasteiger partial charge in [-0.25, -0.2) is 4.98 Å². The first-order chi connectivity index (χ1) is 10.5. The molecule has 0 spiro atoms. The van der Waals surface area contributed by atoms with E-state index < -0.39 is 4.92 Å². The molecule has 0 atom stereocenters. The number of nitrogens with zero attached hydrogens (tertiary/aromatic N) is 2. The Hall–Kier alpha value is -2.80. The lowest BCUT2D eigenvalue weighted by Gasteiger charge is -2.04. The fourth-order valence-corrected chi connectivity index (χ4v) is 2.92. The second kappa shape index (κ2) is 5.53. The van der Waals surface area contributed by atoms with Crippen LogP contribution in [0, 0.1) is 17.0 Å². The molecule has 3 aromatic rings. The molecule has 6 nitrogen and oxygen atoms in total.